The standard InChI is InChI=1S/C26H26N2O5/c1-18-7-6-8-19(2)26(18)28-24(30)17-32-25(31)16-15-23(29)27-20-11-13-22(14-12-20)33-21-9-4-3-5-10-21/h3-14H,15-17H2,1-2H3,(H,27,29)(H,28,30). The number of hydrogen-bond acceptors (Lipinski definition) is 5. The number of anilines is 2. The predicted octanol–water partition coefficient (Wildman–Crippen LogP) is 5.00. The minimum absolute atomic E-state index is 0.0559. The first-order valence-electron chi connectivity index (χ1n) is 10.6. The van der Waals surface area contributed by atoms with E-state index in [1.807, 2.05) is 62.4 Å². The Morgan fingerprint density at radius 3 is 2.00 bits per heavy atom. The molecule has 0 unspecified atom stereocenters. The van der Waals surface area contributed by atoms with E-state index in [1.165, 1.54) is 0 Å². The second-order valence-corrected chi connectivity index (χ2v) is 7.46. The van der Waals surface area contributed by atoms with Crippen LogP contribution in [-0.4, -0.2) is 24.4 Å². The minimum Gasteiger partial charge on any atom is -0.457 e. The molecule has 0 aromatic heterocycles. The summed E-state index contributed by atoms with van der Waals surface area (Å²) in [6.45, 7) is 3.37. The van der Waals surface area contributed by atoms with E-state index in [4.69, 9.17) is 9.47 Å². The molecule has 170 valence electrons. The Balaban J connectivity index is 1.37. The Morgan fingerprint density at radius 2 is 1.33 bits per heavy atom. The molecule has 0 fully saturated rings. The predicted molar refractivity (Wildman–Crippen MR) is 126 cm³/mol. The van der Waals surface area contributed by atoms with Crippen molar-refractivity contribution in [2.45, 2.75) is 26.7 Å². The van der Waals surface area contributed by atoms with Gasteiger partial charge in [-0.3, -0.25) is 14.4 Å². The summed E-state index contributed by atoms with van der Waals surface area (Å²) in [5, 5.41) is 5.46. The fraction of sp³-hybridized carbons (Fsp3) is 0.192. The highest BCUT2D eigenvalue weighted by Crippen LogP contribution is 2.23. The SMILES string of the molecule is Cc1cccc(C)c1NC(=O)COC(=O)CCC(=O)Nc1ccc(Oc2ccccc2)cc1. The van der Waals surface area contributed by atoms with Gasteiger partial charge >= 0.3 is 5.97 Å². The summed E-state index contributed by atoms with van der Waals surface area (Å²) in [5.74, 6) is -0.0162. The lowest BCUT2D eigenvalue weighted by Gasteiger charge is -2.11. The molecule has 0 saturated heterocycles. The van der Waals surface area contributed by atoms with Gasteiger partial charge in [0.2, 0.25) is 5.91 Å². The van der Waals surface area contributed by atoms with Crippen LogP contribution in [0.1, 0.15) is 24.0 Å². The number of carbonyl (C=O) groups is 3. The number of aryl methyl sites for hydroxylation is 2. The number of nitrogens with one attached hydrogen (secondary N) is 2. The van der Waals surface area contributed by atoms with Gasteiger partial charge in [0.15, 0.2) is 6.61 Å². The fourth-order valence-electron chi connectivity index (χ4n) is 3.08. The number of benzene rings is 3. The largest absolute Gasteiger partial charge is 0.457 e. The van der Waals surface area contributed by atoms with Crippen molar-refractivity contribution in [1.29, 1.82) is 0 Å². The van der Waals surface area contributed by atoms with Gasteiger partial charge in [0.25, 0.3) is 5.91 Å². The van der Waals surface area contributed by atoms with Gasteiger partial charge in [-0.05, 0) is 61.4 Å². The number of amides is 2. The Hall–Kier alpha value is -4.13. The summed E-state index contributed by atoms with van der Waals surface area (Å²) in [6.07, 6.45) is -0.183. The lowest BCUT2D eigenvalue weighted by atomic mass is 10.1. The summed E-state index contributed by atoms with van der Waals surface area (Å²) >= 11 is 0. The molecule has 3 rings (SSSR count). The first-order chi connectivity index (χ1) is 15.9. The van der Waals surface area contributed by atoms with Gasteiger partial charge in [-0.15, -0.1) is 0 Å². The van der Waals surface area contributed by atoms with Crippen LogP contribution in [-0.2, 0) is 19.1 Å². The normalized spacial score (nSPS) is 10.2. The molecule has 0 atom stereocenters. The molecule has 3 aromatic carbocycles. The van der Waals surface area contributed by atoms with Crippen molar-refractivity contribution in [2.75, 3.05) is 17.2 Å². The smallest absolute Gasteiger partial charge is 0.306 e. The van der Waals surface area contributed by atoms with Crippen molar-refractivity contribution < 1.29 is 23.9 Å². The molecule has 0 aliphatic carbocycles. The van der Waals surface area contributed by atoms with Crippen molar-refractivity contribution in [3.05, 3.63) is 83.9 Å². The molecule has 0 saturated carbocycles. The van der Waals surface area contributed by atoms with Crippen molar-refractivity contribution in [1.82, 2.24) is 0 Å². The molecule has 3 aromatic rings. The molecular weight excluding hydrogens is 420 g/mol. The van der Waals surface area contributed by atoms with Gasteiger partial charge in [-0.1, -0.05) is 36.4 Å². The highest BCUT2D eigenvalue weighted by atomic mass is 16.5. The average molecular weight is 447 g/mol. The first kappa shape index (κ1) is 23.5. The van der Waals surface area contributed by atoms with Crippen LogP contribution >= 0.6 is 0 Å². The third-order valence-corrected chi connectivity index (χ3v) is 4.78. The Morgan fingerprint density at radius 1 is 0.697 bits per heavy atom. The van der Waals surface area contributed by atoms with Crippen molar-refractivity contribution in [3.63, 3.8) is 0 Å². The molecule has 33 heavy (non-hydrogen) atoms. The zero-order valence-corrected chi connectivity index (χ0v) is 18.6. The summed E-state index contributed by atoms with van der Waals surface area (Å²) in [4.78, 5) is 36.1. The summed E-state index contributed by atoms with van der Waals surface area (Å²) in [6, 6.07) is 22.0. The Bertz CT molecular complexity index is 1090. The van der Waals surface area contributed by atoms with Crippen LogP contribution in [0, 0.1) is 13.8 Å². The third-order valence-electron chi connectivity index (χ3n) is 4.78. The zero-order valence-electron chi connectivity index (χ0n) is 18.6. The zero-order chi connectivity index (χ0) is 23.6. The Kier molecular flexibility index (Phi) is 8.18. The third kappa shape index (κ3) is 7.50. The van der Waals surface area contributed by atoms with E-state index in [0.29, 0.717) is 17.1 Å². The van der Waals surface area contributed by atoms with Crippen LogP contribution in [0.2, 0.25) is 0 Å². The topological polar surface area (TPSA) is 93.7 Å². The number of esters is 1. The van der Waals surface area contributed by atoms with E-state index >= 15 is 0 Å². The molecule has 0 aliphatic rings. The highest BCUT2D eigenvalue weighted by Gasteiger charge is 2.12. The van der Waals surface area contributed by atoms with Gasteiger partial charge in [-0.2, -0.15) is 0 Å². The van der Waals surface area contributed by atoms with Crippen LogP contribution in [0.4, 0.5) is 11.4 Å². The van der Waals surface area contributed by atoms with Crippen LogP contribution in [0.15, 0.2) is 72.8 Å². The van der Waals surface area contributed by atoms with Crippen LogP contribution < -0.4 is 15.4 Å². The molecular formula is C26H26N2O5. The van der Waals surface area contributed by atoms with Gasteiger partial charge < -0.3 is 20.1 Å². The summed E-state index contributed by atoms with van der Waals surface area (Å²) in [5.41, 5.74) is 3.14. The lowest BCUT2D eigenvalue weighted by Crippen LogP contribution is -2.22. The van der Waals surface area contributed by atoms with Gasteiger partial charge in [0.05, 0.1) is 6.42 Å². The molecule has 0 aliphatic heterocycles. The second-order valence-electron chi connectivity index (χ2n) is 7.46. The quantitative estimate of drug-likeness (QED) is 0.451. The number of rotatable bonds is 9. The van der Waals surface area contributed by atoms with Gasteiger partial charge in [-0.25, -0.2) is 0 Å². The van der Waals surface area contributed by atoms with Crippen molar-refractivity contribution in [3.8, 4) is 11.5 Å². The number of ether oxygens (including phenoxy) is 2. The fourth-order valence-corrected chi connectivity index (χ4v) is 3.08. The minimum atomic E-state index is -0.617. The monoisotopic (exact) mass is 446 g/mol. The second kappa shape index (κ2) is 11.5. The van der Waals surface area contributed by atoms with E-state index in [1.54, 1.807) is 24.3 Å². The van der Waals surface area contributed by atoms with Crippen LogP contribution in [0.3, 0.4) is 0 Å². The molecule has 2 N–H and O–H groups in total. The van der Waals surface area contributed by atoms with E-state index in [9.17, 15) is 14.4 Å². The van der Waals surface area contributed by atoms with Crippen LogP contribution in [0.5, 0.6) is 11.5 Å². The molecule has 0 bridgehead atoms. The van der Waals surface area contributed by atoms with Crippen LogP contribution in [0.25, 0.3) is 0 Å². The van der Waals surface area contributed by atoms with Crippen molar-refractivity contribution in [2.24, 2.45) is 0 Å². The summed E-state index contributed by atoms with van der Waals surface area (Å²) in [7, 11) is 0. The Labute approximate surface area is 192 Å². The van der Waals surface area contributed by atoms with E-state index in [2.05, 4.69) is 10.6 Å². The average Bonchev–Trinajstić information content (AvgIpc) is 2.81. The first-order valence-corrected chi connectivity index (χ1v) is 10.6. The molecule has 0 radical (unpaired) electrons. The molecule has 7 heteroatoms. The molecule has 2 amide bonds. The highest BCUT2D eigenvalue weighted by molar-refractivity contribution is 5.95. The molecule has 0 heterocycles. The summed E-state index contributed by atoms with van der Waals surface area (Å²) < 4.78 is 10.7. The molecule has 0 spiro atoms. The van der Waals surface area contributed by atoms with Gasteiger partial charge in [0, 0.05) is 17.8 Å². The molecule has 7 nitrogen and oxygen atoms in total. The number of carbonyl (C=O) groups excluding carboxylic acids is 3. The maximum Gasteiger partial charge on any atom is 0.306 e. The maximum atomic E-state index is 12.1. The van der Waals surface area contributed by atoms with E-state index < -0.39 is 18.5 Å². The number of hydrogen-bond donors (Lipinski definition) is 2. The lowest BCUT2D eigenvalue weighted by molar-refractivity contribution is -0.147. The maximum absolute atomic E-state index is 12.1. The van der Waals surface area contributed by atoms with E-state index in [0.717, 1.165) is 16.9 Å². The van der Waals surface area contributed by atoms with E-state index in [-0.39, 0.29) is 18.7 Å². The number of para-hydroxylation sites is 2. The van der Waals surface area contributed by atoms with Crippen molar-refractivity contribution >= 4 is 29.2 Å². The van der Waals surface area contributed by atoms with Gasteiger partial charge in [0.1, 0.15) is 11.5 Å².